The molecule has 1 aliphatic rings. The summed E-state index contributed by atoms with van der Waals surface area (Å²) in [6.45, 7) is 2.13. The average molecular weight is 227 g/mol. The zero-order valence-corrected chi connectivity index (χ0v) is 9.87. The summed E-state index contributed by atoms with van der Waals surface area (Å²) in [5.41, 5.74) is 0. The lowest BCUT2D eigenvalue weighted by Crippen LogP contribution is -2.28. The molecule has 0 aromatic carbocycles. The van der Waals surface area contributed by atoms with Gasteiger partial charge in [-0.3, -0.25) is 9.59 Å². The summed E-state index contributed by atoms with van der Waals surface area (Å²) in [4.78, 5) is 22.0. The van der Waals surface area contributed by atoms with E-state index in [0.29, 0.717) is 25.3 Å². The van der Waals surface area contributed by atoms with E-state index in [1.807, 2.05) is 0 Å². The summed E-state index contributed by atoms with van der Waals surface area (Å²) in [6.07, 6.45) is 5.94. The van der Waals surface area contributed by atoms with Crippen molar-refractivity contribution in [2.24, 2.45) is 11.8 Å². The maximum Gasteiger partial charge on any atom is 0.306 e. The Morgan fingerprint density at radius 3 is 2.56 bits per heavy atom. The molecular formula is C12H21NO3. The fourth-order valence-corrected chi connectivity index (χ4v) is 2.10. The summed E-state index contributed by atoms with van der Waals surface area (Å²) in [5, 5.41) is 11.5. The highest BCUT2D eigenvalue weighted by atomic mass is 16.4. The van der Waals surface area contributed by atoms with Gasteiger partial charge in [-0.05, 0) is 25.2 Å². The summed E-state index contributed by atoms with van der Waals surface area (Å²) < 4.78 is 0. The first-order chi connectivity index (χ1) is 7.59. The highest BCUT2D eigenvalue weighted by Crippen LogP contribution is 2.27. The van der Waals surface area contributed by atoms with E-state index in [4.69, 9.17) is 5.11 Å². The maximum atomic E-state index is 11.5. The maximum absolute atomic E-state index is 11.5. The number of hydrogen-bond donors (Lipinski definition) is 2. The molecule has 0 bridgehead atoms. The fourth-order valence-electron chi connectivity index (χ4n) is 2.10. The Balaban J connectivity index is 2.08. The molecule has 0 aliphatic heterocycles. The molecule has 1 fully saturated rings. The van der Waals surface area contributed by atoms with E-state index in [0.717, 1.165) is 0 Å². The summed E-state index contributed by atoms with van der Waals surface area (Å²) >= 11 is 0. The molecule has 0 saturated heterocycles. The van der Waals surface area contributed by atoms with Crippen LogP contribution in [0.3, 0.4) is 0 Å². The third kappa shape index (κ3) is 4.64. The van der Waals surface area contributed by atoms with Crippen LogP contribution in [-0.2, 0) is 9.59 Å². The van der Waals surface area contributed by atoms with Crippen LogP contribution in [0.2, 0.25) is 0 Å². The van der Waals surface area contributed by atoms with Crippen LogP contribution < -0.4 is 5.32 Å². The van der Waals surface area contributed by atoms with Gasteiger partial charge in [0.25, 0.3) is 0 Å². The molecule has 0 heterocycles. The van der Waals surface area contributed by atoms with E-state index in [-0.39, 0.29) is 11.8 Å². The second-order valence-corrected chi connectivity index (χ2v) is 4.73. The normalized spacial score (nSPS) is 18.3. The fraction of sp³-hybridized carbons (Fsp3) is 0.833. The third-order valence-corrected chi connectivity index (χ3v) is 3.27. The Kier molecular flexibility index (Phi) is 5.29. The molecular weight excluding hydrogens is 206 g/mol. The molecule has 4 heteroatoms. The van der Waals surface area contributed by atoms with Crippen molar-refractivity contribution in [2.45, 2.75) is 45.4 Å². The van der Waals surface area contributed by atoms with Gasteiger partial charge in [-0.25, -0.2) is 0 Å². The molecule has 2 N–H and O–H groups in total. The number of aliphatic carboxylic acids is 1. The monoisotopic (exact) mass is 227 g/mol. The van der Waals surface area contributed by atoms with Crippen LogP contribution in [-0.4, -0.2) is 23.5 Å². The van der Waals surface area contributed by atoms with E-state index in [1.54, 1.807) is 6.92 Å². The highest BCUT2D eigenvalue weighted by Gasteiger charge is 2.18. The zero-order chi connectivity index (χ0) is 12.0. The number of rotatable bonds is 6. The van der Waals surface area contributed by atoms with Gasteiger partial charge in [0.2, 0.25) is 5.91 Å². The molecule has 4 nitrogen and oxygen atoms in total. The number of hydrogen-bond acceptors (Lipinski definition) is 2. The van der Waals surface area contributed by atoms with Crippen molar-refractivity contribution >= 4 is 11.9 Å². The molecule has 16 heavy (non-hydrogen) atoms. The number of carboxylic acid groups (broad SMARTS) is 1. The topological polar surface area (TPSA) is 66.4 Å². The first kappa shape index (κ1) is 13.0. The molecule has 92 valence electrons. The Morgan fingerprint density at radius 2 is 2.00 bits per heavy atom. The molecule has 0 radical (unpaired) electrons. The second kappa shape index (κ2) is 6.51. The molecule has 1 unspecified atom stereocenters. The van der Waals surface area contributed by atoms with Gasteiger partial charge in [0.05, 0.1) is 5.92 Å². The minimum atomic E-state index is -0.801. The van der Waals surface area contributed by atoms with Crippen LogP contribution in [0.5, 0.6) is 0 Å². The first-order valence-corrected chi connectivity index (χ1v) is 6.09. The quantitative estimate of drug-likeness (QED) is 0.727. The Morgan fingerprint density at radius 1 is 1.38 bits per heavy atom. The summed E-state index contributed by atoms with van der Waals surface area (Å²) in [5.74, 6) is -0.557. The molecule has 1 atom stereocenters. The van der Waals surface area contributed by atoms with Crippen LogP contribution in [0.4, 0.5) is 0 Å². The van der Waals surface area contributed by atoms with E-state index in [2.05, 4.69) is 5.32 Å². The van der Waals surface area contributed by atoms with Crippen LogP contribution >= 0.6 is 0 Å². The van der Waals surface area contributed by atoms with Gasteiger partial charge in [0, 0.05) is 13.0 Å². The Hall–Kier alpha value is -1.06. The number of carbonyl (C=O) groups excluding carboxylic acids is 1. The van der Waals surface area contributed by atoms with E-state index in [1.165, 1.54) is 25.7 Å². The molecule has 1 aliphatic carbocycles. The van der Waals surface area contributed by atoms with Gasteiger partial charge < -0.3 is 10.4 Å². The Labute approximate surface area is 96.4 Å². The lowest BCUT2D eigenvalue weighted by atomic mass is 10.0. The lowest BCUT2D eigenvalue weighted by molar-refractivity contribution is -0.141. The molecule has 0 aromatic rings. The Bertz CT molecular complexity index is 247. The first-order valence-electron chi connectivity index (χ1n) is 6.09. The molecule has 1 amide bonds. The van der Waals surface area contributed by atoms with Crippen LogP contribution in [0.25, 0.3) is 0 Å². The predicted molar refractivity (Wildman–Crippen MR) is 61.0 cm³/mol. The molecule has 1 rings (SSSR count). The molecule has 0 spiro atoms. The van der Waals surface area contributed by atoms with Gasteiger partial charge in [0.15, 0.2) is 0 Å². The van der Waals surface area contributed by atoms with Gasteiger partial charge in [0.1, 0.15) is 0 Å². The summed E-state index contributed by atoms with van der Waals surface area (Å²) in [6, 6.07) is 0. The van der Waals surface area contributed by atoms with Crippen molar-refractivity contribution < 1.29 is 14.7 Å². The average Bonchev–Trinajstić information content (AvgIpc) is 2.70. The van der Waals surface area contributed by atoms with E-state index < -0.39 is 5.97 Å². The van der Waals surface area contributed by atoms with Gasteiger partial charge in [-0.15, -0.1) is 0 Å². The highest BCUT2D eigenvalue weighted by molar-refractivity contribution is 5.76. The third-order valence-electron chi connectivity index (χ3n) is 3.27. The lowest BCUT2D eigenvalue weighted by Gasteiger charge is -2.10. The minimum Gasteiger partial charge on any atom is -0.481 e. The van der Waals surface area contributed by atoms with Crippen LogP contribution in [0.1, 0.15) is 45.4 Å². The van der Waals surface area contributed by atoms with Crippen LogP contribution in [0, 0.1) is 11.8 Å². The van der Waals surface area contributed by atoms with Crippen molar-refractivity contribution in [3.8, 4) is 0 Å². The van der Waals surface area contributed by atoms with Crippen molar-refractivity contribution in [3.05, 3.63) is 0 Å². The van der Waals surface area contributed by atoms with Crippen molar-refractivity contribution in [1.29, 1.82) is 0 Å². The smallest absolute Gasteiger partial charge is 0.306 e. The van der Waals surface area contributed by atoms with Gasteiger partial charge >= 0.3 is 5.97 Å². The number of amides is 1. The number of carbonyl (C=O) groups is 2. The molecule has 1 saturated carbocycles. The number of nitrogens with one attached hydrogen (secondary N) is 1. The largest absolute Gasteiger partial charge is 0.481 e. The van der Waals surface area contributed by atoms with Crippen molar-refractivity contribution in [1.82, 2.24) is 5.32 Å². The molecule has 0 aromatic heterocycles. The predicted octanol–water partition coefficient (Wildman–Crippen LogP) is 1.79. The standard InChI is InChI=1S/C12H21NO3/c1-9(12(15)16)6-7-13-11(14)8-10-4-2-3-5-10/h9-10H,2-8H2,1H3,(H,13,14)(H,15,16). The summed E-state index contributed by atoms with van der Waals surface area (Å²) in [7, 11) is 0. The zero-order valence-electron chi connectivity index (χ0n) is 9.87. The van der Waals surface area contributed by atoms with Crippen molar-refractivity contribution in [2.75, 3.05) is 6.54 Å². The van der Waals surface area contributed by atoms with E-state index in [9.17, 15) is 9.59 Å². The number of carboxylic acids is 1. The SMILES string of the molecule is CC(CCNC(=O)CC1CCCC1)C(=O)O. The van der Waals surface area contributed by atoms with Gasteiger partial charge in [-0.1, -0.05) is 19.8 Å². The van der Waals surface area contributed by atoms with Gasteiger partial charge in [-0.2, -0.15) is 0 Å². The van der Waals surface area contributed by atoms with E-state index >= 15 is 0 Å². The minimum absolute atomic E-state index is 0.0736. The second-order valence-electron chi connectivity index (χ2n) is 4.73. The van der Waals surface area contributed by atoms with Crippen molar-refractivity contribution in [3.63, 3.8) is 0 Å². The van der Waals surface area contributed by atoms with Crippen LogP contribution in [0.15, 0.2) is 0 Å².